The first-order valence-electron chi connectivity index (χ1n) is 8.08. The number of urea groups is 1. The summed E-state index contributed by atoms with van der Waals surface area (Å²) in [5.74, 6) is -1.18. The van der Waals surface area contributed by atoms with Gasteiger partial charge in [-0.05, 0) is 48.2 Å². The van der Waals surface area contributed by atoms with Gasteiger partial charge >= 0.3 is 6.03 Å². The molecular weight excluding hydrogens is 358 g/mol. The highest BCUT2D eigenvalue weighted by Gasteiger charge is 2.19. The van der Waals surface area contributed by atoms with Crippen LogP contribution in [-0.2, 0) is 13.1 Å². The van der Waals surface area contributed by atoms with Crippen LogP contribution in [-0.4, -0.2) is 10.9 Å². The number of carbonyl (C=O) groups excluding carboxylic acids is 1. The number of carbonyl (C=O) groups is 1. The Hall–Kier alpha value is -2.67. The minimum absolute atomic E-state index is 0.307. The van der Waals surface area contributed by atoms with E-state index in [1.54, 1.807) is 41.6 Å². The highest BCUT2D eigenvalue weighted by Crippen LogP contribution is 2.19. The smallest absolute Gasteiger partial charge is 0.318 e. The lowest BCUT2D eigenvalue weighted by molar-refractivity contribution is 0.184. The van der Waals surface area contributed by atoms with Gasteiger partial charge in [-0.15, -0.1) is 11.3 Å². The number of nitrogens with zero attached hydrogens (tertiary/aromatic N) is 1. The summed E-state index contributed by atoms with van der Waals surface area (Å²) in [5.41, 5.74) is 0.492. The summed E-state index contributed by atoms with van der Waals surface area (Å²) in [4.78, 5) is 15.4. The Morgan fingerprint density at radius 1 is 1.19 bits per heavy atom. The molecule has 136 valence electrons. The van der Waals surface area contributed by atoms with Crippen molar-refractivity contribution in [1.82, 2.24) is 10.2 Å². The molecule has 0 fully saturated rings. The fourth-order valence-electron chi connectivity index (χ4n) is 2.52. The van der Waals surface area contributed by atoms with Gasteiger partial charge in [0, 0.05) is 4.88 Å². The van der Waals surface area contributed by atoms with Gasteiger partial charge < -0.3 is 14.6 Å². The summed E-state index contributed by atoms with van der Waals surface area (Å²) < 4.78 is 31.9. The third-order valence-corrected chi connectivity index (χ3v) is 4.79. The van der Waals surface area contributed by atoms with Crippen molar-refractivity contribution < 1.29 is 18.0 Å². The number of amides is 2. The van der Waals surface area contributed by atoms with Crippen LogP contribution >= 0.6 is 11.3 Å². The van der Waals surface area contributed by atoms with Crippen molar-refractivity contribution in [3.05, 3.63) is 81.9 Å². The Morgan fingerprint density at radius 3 is 2.69 bits per heavy atom. The van der Waals surface area contributed by atoms with E-state index in [-0.39, 0.29) is 6.03 Å². The van der Waals surface area contributed by atoms with Gasteiger partial charge in [0.2, 0.25) is 0 Å². The third kappa shape index (κ3) is 4.49. The number of rotatable bonds is 6. The van der Waals surface area contributed by atoms with Crippen LogP contribution in [0.25, 0.3) is 0 Å². The molecule has 1 N–H and O–H groups in total. The number of halogens is 2. The summed E-state index contributed by atoms with van der Waals surface area (Å²) in [6.45, 7) is 2.46. The second-order valence-electron chi connectivity index (χ2n) is 5.86. The number of thiophene rings is 1. The predicted octanol–water partition coefficient (Wildman–Crippen LogP) is 5.09. The average Bonchev–Trinajstić information content (AvgIpc) is 3.30. The first kappa shape index (κ1) is 18.1. The van der Waals surface area contributed by atoms with Gasteiger partial charge in [0.05, 0.1) is 25.4 Å². The van der Waals surface area contributed by atoms with Gasteiger partial charge in [-0.2, -0.15) is 0 Å². The maximum atomic E-state index is 13.4. The molecule has 0 saturated heterocycles. The van der Waals surface area contributed by atoms with Crippen molar-refractivity contribution in [1.29, 1.82) is 0 Å². The van der Waals surface area contributed by atoms with Crippen molar-refractivity contribution in [2.45, 2.75) is 26.1 Å². The minimum atomic E-state index is -0.936. The standard InChI is InChI=1S/C19H18F2N2O2S/c1-13(14-6-7-17(20)18(21)10-14)22-19(24)23(11-15-4-2-8-25-15)12-16-5-3-9-26-16/h2-10,13H,11-12H2,1H3,(H,22,24). The molecule has 4 nitrogen and oxygen atoms in total. The van der Waals surface area contributed by atoms with E-state index in [0.717, 1.165) is 17.0 Å². The maximum Gasteiger partial charge on any atom is 0.318 e. The fraction of sp³-hybridized carbons (Fsp3) is 0.211. The first-order valence-corrected chi connectivity index (χ1v) is 8.96. The van der Waals surface area contributed by atoms with Gasteiger partial charge in [-0.3, -0.25) is 0 Å². The fourth-order valence-corrected chi connectivity index (χ4v) is 3.24. The van der Waals surface area contributed by atoms with Crippen LogP contribution in [0.1, 0.15) is 29.2 Å². The summed E-state index contributed by atoms with van der Waals surface area (Å²) in [6, 6.07) is 10.3. The van der Waals surface area contributed by atoms with Gasteiger partial charge in [-0.1, -0.05) is 12.1 Å². The van der Waals surface area contributed by atoms with Crippen molar-refractivity contribution in [3.8, 4) is 0 Å². The number of benzene rings is 1. The minimum Gasteiger partial charge on any atom is -0.467 e. The van der Waals surface area contributed by atoms with Crippen LogP contribution in [0, 0.1) is 11.6 Å². The monoisotopic (exact) mass is 376 g/mol. The zero-order chi connectivity index (χ0) is 18.5. The van der Waals surface area contributed by atoms with Gasteiger partial charge in [0.15, 0.2) is 11.6 Å². The molecule has 26 heavy (non-hydrogen) atoms. The molecule has 0 aliphatic heterocycles. The average molecular weight is 376 g/mol. The first-order chi connectivity index (χ1) is 12.5. The van der Waals surface area contributed by atoms with Crippen molar-refractivity contribution in [3.63, 3.8) is 0 Å². The molecule has 0 radical (unpaired) electrons. The third-order valence-electron chi connectivity index (χ3n) is 3.92. The van der Waals surface area contributed by atoms with E-state index < -0.39 is 17.7 Å². The Labute approximate surface area is 154 Å². The predicted molar refractivity (Wildman–Crippen MR) is 95.6 cm³/mol. The molecule has 2 aromatic heterocycles. The number of furan rings is 1. The molecule has 2 heterocycles. The highest BCUT2D eigenvalue weighted by atomic mass is 32.1. The second-order valence-corrected chi connectivity index (χ2v) is 6.89. The molecule has 0 aliphatic carbocycles. The van der Waals surface area contributed by atoms with Crippen LogP contribution in [0.2, 0.25) is 0 Å². The quantitative estimate of drug-likeness (QED) is 0.651. The SMILES string of the molecule is CC(NC(=O)N(Cc1ccco1)Cc1cccs1)c1ccc(F)c(F)c1. The topological polar surface area (TPSA) is 45.5 Å². The molecule has 3 rings (SSSR count). The zero-order valence-corrected chi connectivity index (χ0v) is 14.9. The molecule has 0 spiro atoms. The van der Waals surface area contributed by atoms with E-state index in [9.17, 15) is 13.6 Å². The number of hydrogen-bond acceptors (Lipinski definition) is 3. The Balaban J connectivity index is 1.72. The van der Waals surface area contributed by atoms with E-state index in [1.165, 1.54) is 6.07 Å². The molecule has 1 aromatic carbocycles. The molecule has 0 aliphatic rings. The van der Waals surface area contributed by atoms with Gasteiger partial charge in [0.1, 0.15) is 5.76 Å². The number of hydrogen-bond donors (Lipinski definition) is 1. The van der Waals surface area contributed by atoms with Crippen LogP contribution in [0.15, 0.2) is 58.5 Å². The summed E-state index contributed by atoms with van der Waals surface area (Å²) >= 11 is 1.56. The molecule has 0 bridgehead atoms. The normalized spacial score (nSPS) is 12.0. The lowest BCUT2D eigenvalue weighted by Gasteiger charge is -2.24. The lowest BCUT2D eigenvalue weighted by atomic mass is 10.1. The van der Waals surface area contributed by atoms with Crippen molar-refractivity contribution >= 4 is 17.4 Å². The molecule has 3 aromatic rings. The molecule has 1 atom stereocenters. The Morgan fingerprint density at radius 2 is 2.04 bits per heavy atom. The zero-order valence-electron chi connectivity index (χ0n) is 14.1. The van der Waals surface area contributed by atoms with E-state index in [1.807, 2.05) is 17.5 Å². The lowest BCUT2D eigenvalue weighted by Crippen LogP contribution is -2.40. The molecule has 2 amide bonds. The van der Waals surface area contributed by atoms with Gasteiger partial charge in [0.25, 0.3) is 0 Å². The Kier molecular flexibility index (Phi) is 5.68. The molecule has 1 unspecified atom stereocenters. The maximum absolute atomic E-state index is 13.4. The highest BCUT2D eigenvalue weighted by molar-refractivity contribution is 7.09. The number of nitrogens with one attached hydrogen (secondary N) is 1. The van der Waals surface area contributed by atoms with Crippen LogP contribution in [0.4, 0.5) is 13.6 Å². The van der Waals surface area contributed by atoms with Crippen molar-refractivity contribution in [2.75, 3.05) is 0 Å². The van der Waals surface area contributed by atoms with E-state index in [2.05, 4.69) is 5.32 Å². The largest absolute Gasteiger partial charge is 0.467 e. The van der Waals surface area contributed by atoms with E-state index in [0.29, 0.717) is 24.4 Å². The van der Waals surface area contributed by atoms with Crippen molar-refractivity contribution in [2.24, 2.45) is 0 Å². The van der Waals surface area contributed by atoms with E-state index >= 15 is 0 Å². The van der Waals surface area contributed by atoms with Gasteiger partial charge in [-0.25, -0.2) is 13.6 Å². The second kappa shape index (κ2) is 8.14. The summed E-state index contributed by atoms with van der Waals surface area (Å²) in [6.07, 6.45) is 1.56. The summed E-state index contributed by atoms with van der Waals surface area (Å²) in [5, 5.41) is 4.78. The molecular formula is C19H18F2N2O2S. The van der Waals surface area contributed by atoms with Crippen LogP contribution in [0.3, 0.4) is 0 Å². The van der Waals surface area contributed by atoms with Crippen LogP contribution in [0.5, 0.6) is 0 Å². The molecule has 7 heteroatoms. The van der Waals surface area contributed by atoms with Crippen LogP contribution < -0.4 is 5.32 Å². The summed E-state index contributed by atoms with van der Waals surface area (Å²) in [7, 11) is 0. The van der Waals surface area contributed by atoms with E-state index in [4.69, 9.17) is 4.42 Å². The Bertz CT molecular complexity index is 814. The molecule has 0 saturated carbocycles.